The second-order valence-electron chi connectivity index (χ2n) is 8.76. The van der Waals surface area contributed by atoms with Crippen LogP contribution >= 0.6 is 0 Å². The number of carbonyl (C=O) groups excluding carboxylic acids is 1. The van der Waals surface area contributed by atoms with Crippen LogP contribution in [-0.2, 0) is 16.0 Å². The number of aromatic nitrogens is 2. The van der Waals surface area contributed by atoms with Crippen LogP contribution < -0.4 is 11.2 Å². The van der Waals surface area contributed by atoms with Gasteiger partial charge in [-0.05, 0) is 49.4 Å². The third-order valence-corrected chi connectivity index (χ3v) is 5.46. The smallest absolute Gasteiger partial charge is 0.328 e. The molecule has 9 nitrogen and oxygen atoms in total. The topological polar surface area (TPSA) is 137 Å². The summed E-state index contributed by atoms with van der Waals surface area (Å²) >= 11 is 0. The number of nitrogens with one attached hydrogen (secondary N) is 2. The summed E-state index contributed by atoms with van der Waals surface area (Å²) in [6.07, 6.45) is 1.22. The second-order valence-corrected chi connectivity index (χ2v) is 8.76. The molecule has 3 rings (SSSR count). The minimum atomic E-state index is -0.843. The van der Waals surface area contributed by atoms with E-state index >= 15 is 0 Å². The maximum absolute atomic E-state index is 12.7. The first kappa shape index (κ1) is 24.6. The molecule has 0 spiro atoms. The van der Waals surface area contributed by atoms with Crippen molar-refractivity contribution in [3.8, 4) is 5.88 Å². The Kier molecular flexibility index (Phi) is 7.78. The molecule has 1 heterocycles. The quantitative estimate of drug-likeness (QED) is 0.316. The Balaban J connectivity index is 1.52. The molecular weight excluding hydrogens is 436 g/mol. The van der Waals surface area contributed by atoms with Crippen LogP contribution in [0.3, 0.4) is 0 Å². The first-order valence-electron chi connectivity index (χ1n) is 10.9. The minimum Gasteiger partial charge on any atom is -0.493 e. The third kappa shape index (κ3) is 6.50. The van der Waals surface area contributed by atoms with Gasteiger partial charge in [0.15, 0.2) is 0 Å². The molecular formula is C25H28N4O5. The highest BCUT2D eigenvalue weighted by atomic mass is 16.5. The molecule has 0 aliphatic carbocycles. The van der Waals surface area contributed by atoms with Gasteiger partial charge in [-0.15, -0.1) is 5.11 Å². The number of H-pyrrole nitrogens is 2. The lowest BCUT2D eigenvalue weighted by Gasteiger charge is -2.26. The molecule has 0 saturated heterocycles. The van der Waals surface area contributed by atoms with Crippen molar-refractivity contribution in [2.75, 3.05) is 6.61 Å². The number of hydrogen-bond donors (Lipinski definition) is 3. The molecule has 0 amide bonds. The van der Waals surface area contributed by atoms with E-state index in [-0.39, 0.29) is 24.2 Å². The summed E-state index contributed by atoms with van der Waals surface area (Å²) in [6, 6.07) is 17.1. The molecule has 1 atom stereocenters. The van der Waals surface area contributed by atoms with E-state index in [1.54, 1.807) is 12.1 Å². The standard InChI is InChI=1S/C25H28N4O5/c1-16(18-7-5-4-6-8-18)15-25(2,3)23(32)34-14-13-17-9-11-19(12-10-17)28-29-20-21(30)26-24(33)27-22(20)31/h4-12,16H,13-15H2,1-3H3,(H3,26,27,30,31,33). The summed E-state index contributed by atoms with van der Waals surface area (Å²) in [6.45, 7) is 6.17. The van der Waals surface area contributed by atoms with E-state index < -0.39 is 22.5 Å². The molecule has 0 aliphatic heterocycles. The summed E-state index contributed by atoms with van der Waals surface area (Å²) in [5.74, 6) is -0.650. The van der Waals surface area contributed by atoms with E-state index in [4.69, 9.17) is 4.74 Å². The van der Waals surface area contributed by atoms with Crippen LogP contribution in [0.2, 0.25) is 0 Å². The number of carbonyl (C=O) groups is 1. The Labute approximate surface area is 196 Å². The van der Waals surface area contributed by atoms with E-state index in [0.717, 1.165) is 5.56 Å². The van der Waals surface area contributed by atoms with Gasteiger partial charge >= 0.3 is 11.7 Å². The van der Waals surface area contributed by atoms with Gasteiger partial charge in [-0.1, -0.05) is 49.4 Å². The SMILES string of the molecule is CC(CC(C)(C)C(=O)OCCc1ccc(N=Nc2c(O)[nH]c(=O)[nH]c2=O)cc1)c1ccccc1. The molecule has 0 bridgehead atoms. The van der Waals surface area contributed by atoms with Crippen LogP contribution in [0.4, 0.5) is 11.4 Å². The largest absolute Gasteiger partial charge is 0.493 e. The number of aromatic hydroxyl groups is 1. The monoisotopic (exact) mass is 464 g/mol. The molecule has 0 saturated carbocycles. The Hall–Kier alpha value is -4.01. The Morgan fingerprint density at radius 3 is 2.35 bits per heavy atom. The zero-order valence-electron chi connectivity index (χ0n) is 19.4. The van der Waals surface area contributed by atoms with Crippen molar-refractivity contribution in [1.82, 2.24) is 9.97 Å². The van der Waals surface area contributed by atoms with E-state index in [1.807, 2.05) is 54.1 Å². The molecule has 9 heteroatoms. The second kappa shape index (κ2) is 10.7. The van der Waals surface area contributed by atoms with Crippen LogP contribution in [0.5, 0.6) is 5.88 Å². The number of hydrogen-bond acceptors (Lipinski definition) is 7. The van der Waals surface area contributed by atoms with Gasteiger partial charge in [-0.3, -0.25) is 19.6 Å². The molecule has 178 valence electrons. The van der Waals surface area contributed by atoms with Gasteiger partial charge in [0.2, 0.25) is 11.6 Å². The maximum atomic E-state index is 12.7. The van der Waals surface area contributed by atoms with Gasteiger partial charge in [-0.25, -0.2) is 4.79 Å². The lowest BCUT2D eigenvalue weighted by atomic mass is 9.81. The van der Waals surface area contributed by atoms with Gasteiger partial charge < -0.3 is 9.84 Å². The summed E-state index contributed by atoms with van der Waals surface area (Å²) in [5.41, 5.74) is -0.0930. The average molecular weight is 465 g/mol. The van der Waals surface area contributed by atoms with E-state index in [2.05, 4.69) is 29.3 Å². The van der Waals surface area contributed by atoms with Crippen molar-refractivity contribution in [3.05, 3.63) is 86.6 Å². The number of benzene rings is 2. The Morgan fingerprint density at radius 1 is 1.03 bits per heavy atom. The van der Waals surface area contributed by atoms with Gasteiger partial charge in [0.05, 0.1) is 17.7 Å². The zero-order chi connectivity index (χ0) is 24.7. The highest BCUT2D eigenvalue weighted by molar-refractivity contribution is 5.76. The molecule has 3 aromatic rings. The highest BCUT2D eigenvalue weighted by Gasteiger charge is 2.31. The number of azo groups is 1. The van der Waals surface area contributed by atoms with Crippen LogP contribution in [0.1, 0.15) is 44.2 Å². The zero-order valence-corrected chi connectivity index (χ0v) is 19.4. The van der Waals surface area contributed by atoms with Crippen LogP contribution in [-0.4, -0.2) is 27.7 Å². The van der Waals surface area contributed by atoms with Gasteiger partial charge in [0.25, 0.3) is 5.56 Å². The Bertz CT molecular complexity index is 1260. The first-order valence-corrected chi connectivity index (χ1v) is 10.9. The summed E-state index contributed by atoms with van der Waals surface area (Å²) in [7, 11) is 0. The fourth-order valence-electron chi connectivity index (χ4n) is 3.60. The summed E-state index contributed by atoms with van der Waals surface area (Å²) < 4.78 is 5.54. The van der Waals surface area contributed by atoms with Crippen LogP contribution in [0, 0.1) is 5.41 Å². The summed E-state index contributed by atoms with van der Waals surface area (Å²) in [5, 5.41) is 17.2. The van der Waals surface area contributed by atoms with Crippen molar-refractivity contribution < 1.29 is 14.6 Å². The van der Waals surface area contributed by atoms with Gasteiger partial charge in [0, 0.05) is 6.42 Å². The number of aromatic amines is 2. The maximum Gasteiger partial charge on any atom is 0.328 e. The molecule has 2 aromatic carbocycles. The minimum absolute atomic E-state index is 0.230. The molecule has 3 N–H and O–H groups in total. The molecule has 0 aliphatic rings. The van der Waals surface area contributed by atoms with Crippen molar-refractivity contribution in [2.45, 2.75) is 39.5 Å². The molecule has 1 aromatic heterocycles. The molecule has 1 unspecified atom stereocenters. The van der Waals surface area contributed by atoms with Crippen molar-refractivity contribution in [3.63, 3.8) is 0 Å². The lowest BCUT2D eigenvalue weighted by molar-refractivity contribution is -0.154. The van der Waals surface area contributed by atoms with Crippen molar-refractivity contribution in [1.29, 1.82) is 0 Å². The van der Waals surface area contributed by atoms with E-state index in [0.29, 0.717) is 18.5 Å². The highest BCUT2D eigenvalue weighted by Crippen LogP contribution is 2.32. The number of rotatable bonds is 9. The fraction of sp³-hybridized carbons (Fsp3) is 0.320. The summed E-state index contributed by atoms with van der Waals surface area (Å²) in [4.78, 5) is 39.4. The van der Waals surface area contributed by atoms with Gasteiger partial charge in [0.1, 0.15) is 0 Å². The average Bonchev–Trinajstić information content (AvgIpc) is 2.79. The molecule has 0 radical (unpaired) electrons. The fourth-order valence-corrected chi connectivity index (χ4v) is 3.60. The van der Waals surface area contributed by atoms with Crippen LogP contribution in [0.25, 0.3) is 0 Å². The predicted molar refractivity (Wildman–Crippen MR) is 128 cm³/mol. The van der Waals surface area contributed by atoms with E-state index in [9.17, 15) is 19.5 Å². The third-order valence-electron chi connectivity index (χ3n) is 5.46. The number of ether oxygens (including phenoxy) is 1. The molecule has 0 fully saturated rings. The predicted octanol–water partition coefficient (Wildman–Crippen LogP) is 4.49. The van der Waals surface area contributed by atoms with Crippen LogP contribution in [0.15, 0.2) is 74.4 Å². The Morgan fingerprint density at radius 2 is 1.71 bits per heavy atom. The lowest BCUT2D eigenvalue weighted by Crippen LogP contribution is -2.29. The number of esters is 1. The normalized spacial score (nSPS) is 12.6. The number of nitrogens with zero attached hydrogens (tertiary/aromatic N) is 2. The van der Waals surface area contributed by atoms with E-state index in [1.165, 1.54) is 5.56 Å². The first-order chi connectivity index (χ1) is 16.2. The molecule has 34 heavy (non-hydrogen) atoms. The van der Waals surface area contributed by atoms with Crippen molar-refractivity contribution >= 4 is 17.3 Å². The van der Waals surface area contributed by atoms with Crippen molar-refractivity contribution in [2.24, 2.45) is 15.6 Å². The van der Waals surface area contributed by atoms with Gasteiger partial charge in [-0.2, -0.15) is 5.11 Å².